The van der Waals surface area contributed by atoms with E-state index >= 15 is 0 Å². The number of methoxy groups -OCH3 is 2. The van der Waals surface area contributed by atoms with Crippen LogP contribution < -0.4 is 36.6 Å². The summed E-state index contributed by atoms with van der Waals surface area (Å²) in [5, 5.41) is 3.52. The molecule has 228 valence electrons. The van der Waals surface area contributed by atoms with Crippen LogP contribution >= 0.6 is 0 Å². The molecule has 0 saturated carbocycles. The molecule has 0 unspecified atom stereocenters. The van der Waals surface area contributed by atoms with Gasteiger partial charge >= 0.3 is 0 Å². The second kappa shape index (κ2) is 14.1. The van der Waals surface area contributed by atoms with Crippen molar-refractivity contribution in [2.75, 3.05) is 33.9 Å². The van der Waals surface area contributed by atoms with E-state index in [-0.39, 0.29) is 22.4 Å². The van der Waals surface area contributed by atoms with Crippen molar-refractivity contribution in [2.45, 2.75) is 25.8 Å². The van der Waals surface area contributed by atoms with Crippen LogP contribution in [0.2, 0.25) is 0 Å². The number of nitrogens with one attached hydrogen (secondary N) is 2. The van der Waals surface area contributed by atoms with Crippen LogP contribution in [0.4, 0.5) is 0 Å². The molecule has 1 amide bonds. The van der Waals surface area contributed by atoms with E-state index in [4.69, 9.17) is 9.47 Å². The van der Waals surface area contributed by atoms with Gasteiger partial charge in [-0.2, -0.15) is 0 Å². The van der Waals surface area contributed by atoms with Crippen LogP contribution in [-0.4, -0.2) is 54.2 Å². The summed E-state index contributed by atoms with van der Waals surface area (Å²) in [6, 6.07) is 21.0. The summed E-state index contributed by atoms with van der Waals surface area (Å²) in [6.07, 6.45) is 5.75. The highest BCUT2D eigenvalue weighted by atomic mass is 16.5. The van der Waals surface area contributed by atoms with Crippen molar-refractivity contribution in [2.24, 2.45) is 7.05 Å². The number of fused-ring (bicyclic) bond motifs is 1. The van der Waals surface area contributed by atoms with Gasteiger partial charge in [0, 0.05) is 38.8 Å². The number of hydrogen-bond acceptors (Lipinski definition) is 6. The van der Waals surface area contributed by atoms with Crippen LogP contribution in [0.3, 0.4) is 0 Å². The van der Waals surface area contributed by atoms with E-state index in [2.05, 4.69) is 15.2 Å². The molecule has 3 aromatic carbocycles. The number of rotatable bonds is 10. The first-order valence-corrected chi connectivity index (χ1v) is 14.8. The molecule has 2 N–H and O–H groups in total. The lowest BCUT2D eigenvalue weighted by molar-refractivity contribution is 0.0947. The van der Waals surface area contributed by atoms with E-state index in [1.165, 1.54) is 21.3 Å². The molecule has 2 heterocycles. The number of aromatic amines is 1. The van der Waals surface area contributed by atoms with Gasteiger partial charge in [-0.15, -0.1) is 0 Å². The van der Waals surface area contributed by atoms with Crippen LogP contribution in [0.1, 0.15) is 39.0 Å². The number of benzene rings is 3. The van der Waals surface area contributed by atoms with Crippen molar-refractivity contribution in [3.8, 4) is 11.5 Å². The van der Waals surface area contributed by atoms with E-state index < -0.39 is 0 Å². The molecule has 1 aliphatic heterocycles. The Hall–Kier alpha value is -4.89. The van der Waals surface area contributed by atoms with Crippen molar-refractivity contribution in [1.29, 1.82) is 0 Å². The van der Waals surface area contributed by atoms with E-state index in [0.717, 1.165) is 44.0 Å². The third-order valence-corrected chi connectivity index (χ3v) is 7.99. The summed E-state index contributed by atoms with van der Waals surface area (Å²) in [7, 11) is 4.88. The van der Waals surface area contributed by atoms with Crippen molar-refractivity contribution in [1.82, 2.24) is 19.8 Å². The number of H-pyrrole nitrogens is 1. The second-order valence-corrected chi connectivity index (χ2v) is 10.9. The molecule has 0 aliphatic carbocycles. The molecule has 9 nitrogen and oxygen atoms in total. The Bertz CT molecular complexity index is 1860. The molecule has 0 atom stereocenters. The number of hydrogen-bond donors (Lipinski definition) is 2. The minimum absolute atomic E-state index is 0.167. The Kier molecular flexibility index (Phi) is 9.76. The number of amides is 1. The van der Waals surface area contributed by atoms with Gasteiger partial charge in [0.1, 0.15) is 10.7 Å². The fraction of sp³-hybridized carbons (Fsp3) is 0.286. The lowest BCUT2D eigenvalue weighted by Gasteiger charge is -2.29. The van der Waals surface area contributed by atoms with Crippen LogP contribution in [0.25, 0.3) is 12.2 Å². The molecular weight excluding hydrogens is 556 g/mol. The molecule has 0 bridgehead atoms. The molecular formula is C35H38N4O5. The average Bonchev–Trinajstić information content (AvgIpc) is 3.05. The Morgan fingerprint density at radius 3 is 2.39 bits per heavy atom. The Morgan fingerprint density at radius 2 is 1.68 bits per heavy atom. The van der Waals surface area contributed by atoms with Crippen LogP contribution in [0.5, 0.6) is 11.5 Å². The zero-order valence-corrected chi connectivity index (χ0v) is 25.4. The van der Waals surface area contributed by atoms with Crippen LogP contribution in [-0.2, 0) is 26.4 Å². The quantitative estimate of drug-likeness (QED) is 0.292. The van der Waals surface area contributed by atoms with E-state index in [0.29, 0.717) is 29.4 Å². The summed E-state index contributed by atoms with van der Waals surface area (Å²) in [4.78, 5) is 43.6. The van der Waals surface area contributed by atoms with Gasteiger partial charge in [-0.25, -0.2) is 0 Å². The first kappa shape index (κ1) is 30.6. The smallest absolute Gasteiger partial charge is 0.274 e. The van der Waals surface area contributed by atoms with Crippen molar-refractivity contribution in [3.05, 3.63) is 126 Å². The van der Waals surface area contributed by atoms with Gasteiger partial charge < -0.3 is 24.3 Å². The summed E-state index contributed by atoms with van der Waals surface area (Å²) >= 11 is 0. The average molecular weight is 595 g/mol. The Labute approximate surface area is 256 Å². The maximum Gasteiger partial charge on any atom is 0.274 e. The maximum atomic E-state index is 13.0. The molecule has 9 heteroatoms. The van der Waals surface area contributed by atoms with Crippen molar-refractivity contribution >= 4 is 18.1 Å². The zero-order chi connectivity index (χ0) is 31.1. The highest BCUT2D eigenvalue weighted by Crippen LogP contribution is 2.33. The highest BCUT2D eigenvalue weighted by molar-refractivity contribution is 5.94. The fourth-order valence-electron chi connectivity index (χ4n) is 5.49. The molecule has 0 spiro atoms. The predicted octanol–water partition coefficient (Wildman–Crippen LogP) is 2.12. The maximum absolute atomic E-state index is 13.0. The first-order valence-electron chi connectivity index (χ1n) is 14.8. The molecule has 0 radical (unpaired) electrons. The largest absolute Gasteiger partial charge is 0.493 e. The van der Waals surface area contributed by atoms with E-state index in [9.17, 15) is 14.4 Å². The number of carbonyl (C=O) groups excluding carboxylic acids is 1. The van der Waals surface area contributed by atoms with E-state index in [1.807, 2.05) is 42.5 Å². The van der Waals surface area contributed by atoms with Gasteiger partial charge in [0.2, 0.25) is 0 Å². The third-order valence-electron chi connectivity index (χ3n) is 7.99. The number of nitrogens with zero attached hydrogens (tertiary/aromatic N) is 2. The summed E-state index contributed by atoms with van der Waals surface area (Å²) in [5.74, 6) is 1.30. The lowest BCUT2D eigenvalue weighted by atomic mass is 9.99. The summed E-state index contributed by atoms with van der Waals surface area (Å²) in [5.41, 5.74) is 4.24. The molecule has 44 heavy (non-hydrogen) atoms. The topological polar surface area (TPSA) is 106 Å². The van der Waals surface area contributed by atoms with Gasteiger partial charge in [0.15, 0.2) is 11.5 Å². The molecule has 5 rings (SSSR count). The zero-order valence-electron chi connectivity index (χ0n) is 25.4. The standard InChI is InChI=1S/C35H38N4O5/c1-38-30(11-7-10-24-8-5-4-6-9-24)34(41)37-29(35(38)42)20-25-12-14-26(15-13-25)33(40)36-17-19-39-18-16-27-21-31(43-2)32(44-3)22-28(27)23-39/h4-6,8-9,11-15,20-22H,7,10,16-19,23H2,1-3H3,(H,36,40)(H,37,41)/b29-20-,30-11-. The molecule has 1 aliphatic rings. The summed E-state index contributed by atoms with van der Waals surface area (Å²) < 4.78 is 12.3. The van der Waals surface area contributed by atoms with Crippen LogP contribution in [0.15, 0.2) is 76.3 Å². The highest BCUT2D eigenvalue weighted by Gasteiger charge is 2.19. The predicted molar refractivity (Wildman–Crippen MR) is 172 cm³/mol. The second-order valence-electron chi connectivity index (χ2n) is 10.9. The fourth-order valence-corrected chi connectivity index (χ4v) is 5.49. The SMILES string of the molecule is COc1cc2c(cc1OC)CN(CCNC(=O)c1ccc(/C=c3\[nH]c(=O)/c(=C/CCc4ccccc4)n(C)c3=O)cc1)CC2. The van der Waals surface area contributed by atoms with Gasteiger partial charge in [-0.05, 0) is 71.9 Å². The van der Waals surface area contributed by atoms with Gasteiger partial charge in [0.05, 0.1) is 14.2 Å². The van der Waals surface area contributed by atoms with Gasteiger partial charge in [0.25, 0.3) is 17.0 Å². The molecule has 4 aromatic rings. The molecule has 0 saturated heterocycles. The lowest BCUT2D eigenvalue weighted by Crippen LogP contribution is -2.52. The Balaban J connectivity index is 1.18. The van der Waals surface area contributed by atoms with E-state index in [1.54, 1.807) is 57.7 Å². The minimum atomic E-state index is -0.321. The number of ether oxygens (including phenoxy) is 2. The monoisotopic (exact) mass is 594 g/mol. The minimum Gasteiger partial charge on any atom is -0.493 e. The Morgan fingerprint density at radius 1 is 0.977 bits per heavy atom. The van der Waals surface area contributed by atoms with Gasteiger partial charge in [-0.1, -0.05) is 48.5 Å². The summed E-state index contributed by atoms with van der Waals surface area (Å²) in [6.45, 7) is 2.92. The van der Waals surface area contributed by atoms with Crippen molar-refractivity contribution in [3.63, 3.8) is 0 Å². The molecule has 1 aromatic heterocycles. The van der Waals surface area contributed by atoms with Crippen molar-refractivity contribution < 1.29 is 14.3 Å². The number of aromatic nitrogens is 2. The third kappa shape index (κ3) is 7.18. The number of carbonyl (C=O) groups is 1. The van der Waals surface area contributed by atoms with Gasteiger partial charge in [-0.3, -0.25) is 19.3 Å². The normalized spacial score (nSPS) is 13.9. The van der Waals surface area contributed by atoms with Crippen LogP contribution in [0, 0.1) is 0 Å². The first-order chi connectivity index (χ1) is 21.4. The number of aryl methyl sites for hydroxylation is 1. The molecule has 0 fully saturated rings.